The number of hydrogen-bond donors (Lipinski definition) is 2. The van der Waals surface area contributed by atoms with Gasteiger partial charge in [0, 0.05) is 38.1 Å². The summed E-state index contributed by atoms with van der Waals surface area (Å²) in [6.45, 7) is 9.99. The standard InChI is InChI=1S/C16H24N6OS/c1-4-14-17-13(10-24-14)9-21-5-7-22(8-6-21)16(23)18-15-11(2)19-20-12(15)3/h10H,4-9H2,1-3H3,(H,18,23)(H,19,20). The fourth-order valence-electron chi connectivity index (χ4n) is 2.84. The van der Waals surface area contributed by atoms with Crippen LogP contribution in [0.25, 0.3) is 0 Å². The van der Waals surface area contributed by atoms with Crippen molar-refractivity contribution in [3.05, 3.63) is 27.5 Å². The van der Waals surface area contributed by atoms with Crippen molar-refractivity contribution in [3.63, 3.8) is 0 Å². The van der Waals surface area contributed by atoms with E-state index in [2.05, 4.69) is 37.7 Å². The molecule has 3 rings (SSSR count). The summed E-state index contributed by atoms with van der Waals surface area (Å²) in [5.74, 6) is 0. The van der Waals surface area contributed by atoms with E-state index in [4.69, 9.17) is 0 Å². The van der Waals surface area contributed by atoms with Crippen LogP contribution in [0.15, 0.2) is 5.38 Å². The first-order valence-electron chi connectivity index (χ1n) is 8.30. The highest BCUT2D eigenvalue weighted by molar-refractivity contribution is 7.09. The zero-order valence-corrected chi connectivity index (χ0v) is 15.2. The van der Waals surface area contributed by atoms with Crippen molar-refractivity contribution in [2.24, 2.45) is 0 Å². The van der Waals surface area contributed by atoms with Gasteiger partial charge in [-0.15, -0.1) is 11.3 Å². The molecule has 0 saturated carbocycles. The number of H-pyrrole nitrogens is 1. The van der Waals surface area contributed by atoms with Crippen molar-refractivity contribution in [3.8, 4) is 0 Å². The summed E-state index contributed by atoms with van der Waals surface area (Å²) in [5, 5.41) is 13.3. The molecular formula is C16H24N6OS. The van der Waals surface area contributed by atoms with Crippen molar-refractivity contribution in [2.75, 3.05) is 31.5 Å². The van der Waals surface area contributed by atoms with Gasteiger partial charge in [0.1, 0.15) is 0 Å². The van der Waals surface area contributed by atoms with Gasteiger partial charge in [-0.05, 0) is 20.3 Å². The number of rotatable bonds is 4. The van der Waals surface area contributed by atoms with E-state index in [1.54, 1.807) is 11.3 Å². The number of nitrogens with one attached hydrogen (secondary N) is 2. The van der Waals surface area contributed by atoms with Crippen LogP contribution in [-0.2, 0) is 13.0 Å². The highest BCUT2D eigenvalue weighted by Gasteiger charge is 2.22. The van der Waals surface area contributed by atoms with Crippen LogP contribution in [-0.4, -0.2) is 57.2 Å². The molecule has 0 aliphatic carbocycles. The Morgan fingerprint density at radius 3 is 2.67 bits per heavy atom. The normalized spacial score (nSPS) is 15.7. The van der Waals surface area contributed by atoms with Crippen LogP contribution in [0.5, 0.6) is 0 Å². The number of urea groups is 1. The highest BCUT2D eigenvalue weighted by atomic mass is 32.1. The maximum Gasteiger partial charge on any atom is 0.322 e. The van der Waals surface area contributed by atoms with Crippen molar-refractivity contribution in [2.45, 2.75) is 33.7 Å². The zero-order valence-electron chi connectivity index (χ0n) is 14.4. The lowest BCUT2D eigenvalue weighted by molar-refractivity contribution is 0.142. The number of hydrogen-bond acceptors (Lipinski definition) is 5. The molecule has 3 heterocycles. The van der Waals surface area contributed by atoms with Crippen LogP contribution in [0.2, 0.25) is 0 Å². The van der Waals surface area contributed by atoms with Crippen LogP contribution in [0, 0.1) is 13.8 Å². The largest absolute Gasteiger partial charge is 0.322 e. The molecule has 8 heteroatoms. The number of aromatic amines is 1. The average Bonchev–Trinajstić information content (AvgIpc) is 3.17. The lowest BCUT2D eigenvalue weighted by atomic mass is 10.3. The predicted molar refractivity (Wildman–Crippen MR) is 95.4 cm³/mol. The molecular weight excluding hydrogens is 324 g/mol. The topological polar surface area (TPSA) is 77.2 Å². The fraction of sp³-hybridized carbons (Fsp3) is 0.562. The molecule has 0 unspecified atom stereocenters. The van der Waals surface area contributed by atoms with Crippen LogP contribution in [0.4, 0.5) is 10.5 Å². The van der Waals surface area contributed by atoms with Gasteiger partial charge in [-0.3, -0.25) is 10.00 Å². The minimum absolute atomic E-state index is 0.0517. The number of aromatic nitrogens is 3. The van der Waals surface area contributed by atoms with Crippen LogP contribution in [0.1, 0.15) is 29.0 Å². The van der Waals surface area contributed by atoms with Crippen LogP contribution < -0.4 is 5.32 Å². The van der Waals surface area contributed by atoms with Crippen molar-refractivity contribution >= 4 is 23.1 Å². The first kappa shape index (κ1) is 16.9. The van der Waals surface area contributed by atoms with Gasteiger partial charge in [0.15, 0.2) is 0 Å². The van der Waals surface area contributed by atoms with Crippen molar-refractivity contribution in [1.82, 2.24) is 25.0 Å². The number of carbonyl (C=O) groups is 1. The number of carbonyl (C=O) groups excluding carboxylic acids is 1. The fourth-order valence-corrected chi connectivity index (χ4v) is 3.58. The quantitative estimate of drug-likeness (QED) is 0.889. The van der Waals surface area contributed by atoms with Crippen molar-refractivity contribution in [1.29, 1.82) is 0 Å². The van der Waals surface area contributed by atoms with Gasteiger partial charge in [-0.25, -0.2) is 9.78 Å². The van der Waals surface area contributed by atoms with Gasteiger partial charge in [0.2, 0.25) is 0 Å². The number of amides is 2. The van der Waals surface area contributed by atoms with Gasteiger partial charge >= 0.3 is 6.03 Å². The van der Waals surface area contributed by atoms with Gasteiger partial charge < -0.3 is 10.2 Å². The smallest absolute Gasteiger partial charge is 0.322 e. The number of aryl methyl sites for hydroxylation is 3. The van der Waals surface area contributed by atoms with Gasteiger partial charge in [0.25, 0.3) is 0 Å². The molecule has 130 valence electrons. The van der Waals surface area contributed by atoms with E-state index in [9.17, 15) is 4.79 Å². The Kier molecular flexibility index (Phi) is 5.15. The summed E-state index contributed by atoms with van der Waals surface area (Å²) >= 11 is 1.73. The van der Waals surface area contributed by atoms with Crippen LogP contribution >= 0.6 is 11.3 Å². The van der Waals surface area contributed by atoms with E-state index in [1.165, 1.54) is 5.01 Å². The monoisotopic (exact) mass is 348 g/mol. The summed E-state index contributed by atoms with van der Waals surface area (Å²) in [6, 6.07) is -0.0517. The van der Waals surface area contributed by atoms with E-state index in [0.29, 0.717) is 0 Å². The number of piperazine rings is 1. The van der Waals surface area contributed by atoms with E-state index >= 15 is 0 Å². The molecule has 1 aliphatic rings. The van der Waals surface area contributed by atoms with E-state index in [0.717, 1.165) is 61.9 Å². The number of thiazole rings is 1. The van der Waals surface area contributed by atoms with Gasteiger partial charge in [0.05, 0.1) is 27.8 Å². The Hall–Kier alpha value is -1.93. The predicted octanol–water partition coefficient (Wildman–Crippen LogP) is 2.40. The van der Waals surface area contributed by atoms with Gasteiger partial charge in [-0.2, -0.15) is 5.10 Å². The molecule has 7 nitrogen and oxygen atoms in total. The minimum Gasteiger partial charge on any atom is -0.322 e. The Balaban J connectivity index is 1.50. The highest BCUT2D eigenvalue weighted by Crippen LogP contribution is 2.18. The third-order valence-corrected chi connectivity index (χ3v) is 5.35. The summed E-state index contributed by atoms with van der Waals surface area (Å²) < 4.78 is 0. The third kappa shape index (κ3) is 3.76. The lowest BCUT2D eigenvalue weighted by Crippen LogP contribution is -2.49. The molecule has 1 saturated heterocycles. The average molecular weight is 348 g/mol. The first-order valence-corrected chi connectivity index (χ1v) is 9.18. The lowest BCUT2D eigenvalue weighted by Gasteiger charge is -2.34. The molecule has 0 atom stereocenters. The van der Waals surface area contributed by atoms with Crippen LogP contribution in [0.3, 0.4) is 0 Å². The SMILES string of the molecule is CCc1nc(CN2CCN(C(=O)Nc3c(C)n[nH]c3C)CC2)cs1. The summed E-state index contributed by atoms with van der Waals surface area (Å²) in [7, 11) is 0. The molecule has 2 N–H and O–H groups in total. The van der Waals surface area contributed by atoms with Crippen molar-refractivity contribution < 1.29 is 4.79 Å². The molecule has 0 spiro atoms. The Morgan fingerprint density at radius 2 is 2.08 bits per heavy atom. The zero-order chi connectivity index (χ0) is 17.1. The second kappa shape index (κ2) is 7.31. The van der Waals surface area contributed by atoms with E-state index in [-0.39, 0.29) is 6.03 Å². The first-order chi connectivity index (χ1) is 11.6. The summed E-state index contributed by atoms with van der Waals surface area (Å²) in [4.78, 5) is 21.3. The Labute approximate surface area is 146 Å². The number of nitrogens with zero attached hydrogens (tertiary/aromatic N) is 4. The maximum absolute atomic E-state index is 12.4. The molecule has 1 aliphatic heterocycles. The number of anilines is 1. The van der Waals surface area contributed by atoms with E-state index in [1.807, 2.05) is 18.7 Å². The molecule has 2 aromatic rings. The maximum atomic E-state index is 12.4. The second-order valence-electron chi connectivity index (χ2n) is 6.09. The third-order valence-electron chi connectivity index (χ3n) is 4.31. The molecule has 2 aromatic heterocycles. The van der Waals surface area contributed by atoms with E-state index < -0.39 is 0 Å². The molecule has 0 radical (unpaired) electrons. The molecule has 0 aromatic carbocycles. The molecule has 1 fully saturated rings. The molecule has 24 heavy (non-hydrogen) atoms. The minimum atomic E-state index is -0.0517. The molecule has 0 bridgehead atoms. The summed E-state index contributed by atoms with van der Waals surface area (Å²) in [5.41, 5.74) is 3.63. The van der Waals surface area contributed by atoms with Gasteiger partial charge in [-0.1, -0.05) is 6.92 Å². The Bertz CT molecular complexity index is 682. The Morgan fingerprint density at radius 1 is 1.33 bits per heavy atom. The summed E-state index contributed by atoms with van der Waals surface area (Å²) in [6.07, 6.45) is 0.992. The second-order valence-corrected chi connectivity index (χ2v) is 7.03. The molecule has 2 amide bonds.